The molecule has 0 spiro atoms. The largest absolute Gasteiger partial charge is 0.466 e. The zero-order valence-electron chi connectivity index (χ0n) is 21.4. The van der Waals surface area contributed by atoms with E-state index in [4.69, 9.17) is 19.3 Å². The molecule has 1 N–H and O–H groups in total. The van der Waals surface area contributed by atoms with E-state index < -0.39 is 24.1 Å². The van der Waals surface area contributed by atoms with Gasteiger partial charge in [0.05, 0.1) is 26.4 Å². The van der Waals surface area contributed by atoms with Gasteiger partial charge in [-0.15, -0.1) is 0 Å². The van der Waals surface area contributed by atoms with Gasteiger partial charge in [-0.3, -0.25) is 4.79 Å². The van der Waals surface area contributed by atoms with E-state index >= 15 is 0 Å². The van der Waals surface area contributed by atoms with Gasteiger partial charge in [-0.05, 0) is 31.6 Å². The van der Waals surface area contributed by atoms with E-state index in [9.17, 15) is 9.59 Å². The number of esters is 2. The number of carbonyl (C=O) groups is 2. The Kier molecular flexibility index (Phi) is 14.2. The van der Waals surface area contributed by atoms with Gasteiger partial charge >= 0.3 is 11.9 Å². The smallest absolute Gasteiger partial charge is 0.333 e. The van der Waals surface area contributed by atoms with Crippen molar-refractivity contribution in [3.05, 3.63) is 81.9 Å². The Labute approximate surface area is 217 Å². The molecule has 4 atom stereocenters. The van der Waals surface area contributed by atoms with Crippen molar-refractivity contribution in [2.45, 2.75) is 53.4 Å². The summed E-state index contributed by atoms with van der Waals surface area (Å²) in [5, 5.41) is 9.06. The maximum atomic E-state index is 12.0. The lowest BCUT2D eigenvalue weighted by molar-refractivity contribution is -0.154. The minimum atomic E-state index is -0.551. The summed E-state index contributed by atoms with van der Waals surface area (Å²) in [6.45, 7) is 9.13. The average Bonchev–Trinajstić information content (AvgIpc) is 2.83. The molecule has 7 heteroatoms. The Morgan fingerprint density at radius 2 is 1.71 bits per heavy atom. The third-order valence-corrected chi connectivity index (χ3v) is 5.93. The fraction of sp³-hybridized carbons (Fsp3) is 0.429. The van der Waals surface area contributed by atoms with Crippen LogP contribution < -0.4 is 0 Å². The van der Waals surface area contributed by atoms with Crippen LogP contribution in [0.15, 0.2) is 76.3 Å². The van der Waals surface area contributed by atoms with Crippen LogP contribution in [0.3, 0.4) is 0 Å². The molecule has 1 aromatic carbocycles. The number of aliphatic hydroxyl groups excluding tert-OH is 1. The summed E-state index contributed by atoms with van der Waals surface area (Å²) in [4.78, 5) is 23.9. The second-order valence-corrected chi connectivity index (χ2v) is 9.33. The third-order valence-electron chi connectivity index (χ3n) is 5.40. The number of benzene rings is 1. The number of halogens is 1. The quantitative estimate of drug-likeness (QED) is 0.194. The third kappa shape index (κ3) is 11.7. The second kappa shape index (κ2) is 16.2. The number of methoxy groups -OCH3 is 1. The van der Waals surface area contributed by atoms with Gasteiger partial charge in [-0.2, -0.15) is 0 Å². The number of rotatable bonds is 13. The molecule has 0 saturated heterocycles. The second-order valence-electron chi connectivity index (χ2n) is 8.41. The maximum Gasteiger partial charge on any atom is 0.333 e. The molecule has 0 aliphatic carbocycles. The topological polar surface area (TPSA) is 82.1 Å². The van der Waals surface area contributed by atoms with Crippen molar-refractivity contribution in [1.29, 1.82) is 0 Å². The number of allylic oxidation sites excluding steroid dienone is 4. The summed E-state index contributed by atoms with van der Waals surface area (Å²) in [5.74, 6) is -1.36. The standard InChI is InChI=1S/C28H37BrO6/c1-19(14-15-30)12-13-25(29)17-26(34-18-24-10-8-7-9-11-24)22(4)27(35-23(5)31)20(2)16-21(3)28(32)33-6/h7-14,16-17,20,22,26-27,30H,15,18H2,1-6H3/b13-12+,19-14+,21-16+,25-17-/t20-,22-,26-,27+/m1/s1. The molecule has 1 aromatic rings. The average molecular weight is 550 g/mol. The van der Waals surface area contributed by atoms with Crippen LogP contribution in [0.4, 0.5) is 0 Å². The lowest BCUT2D eigenvalue weighted by atomic mass is 9.87. The summed E-state index contributed by atoms with van der Waals surface area (Å²) in [5.41, 5.74) is 2.38. The number of carbonyl (C=O) groups excluding carboxylic acids is 2. The summed E-state index contributed by atoms with van der Waals surface area (Å²) in [6, 6.07) is 9.82. The first-order valence-electron chi connectivity index (χ1n) is 11.5. The van der Waals surface area contributed by atoms with Crippen molar-refractivity contribution in [2.24, 2.45) is 11.8 Å². The molecule has 6 nitrogen and oxygen atoms in total. The van der Waals surface area contributed by atoms with Crippen LogP contribution in [-0.2, 0) is 30.4 Å². The van der Waals surface area contributed by atoms with Gasteiger partial charge in [0.2, 0.25) is 0 Å². The first-order chi connectivity index (χ1) is 16.6. The molecular formula is C28H37BrO6. The summed E-state index contributed by atoms with van der Waals surface area (Å²) in [6.07, 6.45) is 8.17. The molecule has 0 aromatic heterocycles. The SMILES string of the molecule is COC(=O)/C(C)=C/[C@@H](C)[C@H](OC(C)=O)[C@H](C)[C@@H](/C=C(Br)/C=C/C(C)=C/CO)OCc1ccccc1. The summed E-state index contributed by atoms with van der Waals surface area (Å²) >= 11 is 3.58. The predicted octanol–water partition coefficient (Wildman–Crippen LogP) is 5.67. The van der Waals surface area contributed by atoms with Gasteiger partial charge in [0, 0.05) is 28.8 Å². The fourth-order valence-corrected chi connectivity index (χ4v) is 3.94. The van der Waals surface area contributed by atoms with Crippen LogP contribution in [0.1, 0.15) is 40.2 Å². The minimum Gasteiger partial charge on any atom is -0.466 e. The molecule has 0 fully saturated rings. The van der Waals surface area contributed by atoms with Crippen molar-refractivity contribution in [2.75, 3.05) is 13.7 Å². The number of hydrogen-bond donors (Lipinski definition) is 1. The summed E-state index contributed by atoms with van der Waals surface area (Å²) < 4.78 is 17.6. The van der Waals surface area contributed by atoms with Crippen molar-refractivity contribution in [3.8, 4) is 0 Å². The molecule has 0 heterocycles. The Morgan fingerprint density at radius 3 is 2.29 bits per heavy atom. The molecule has 0 unspecified atom stereocenters. The molecular weight excluding hydrogens is 512 g/mol. The molecule has 1 rings (SSSR count). The molecule has 0 radical (unpaired) electrons. The molecule has 0 saturated carbocycles. The highest BCUT2D eigenvalue weighted by Crippen LogP contribution is 2.27. The van der Waals surface area contributed by atoms with Crippen LogP contribution in [0, 0.1) is 11.8 Å². The highest BCUT2D eigenvalue weighted by molar-refractivity contribution is 9.11. The van der Waals surface area contributed by atoms with E-state index in [1.54, 1.807) is 19.1 Å². The van der Waals surface area contributed by atoms with E-state index in [0.29, 0.717) is 12.2 Å². The Balaban J connectivity index is 3.29. The lowest BCUT2D eigenvalue weighted by Gasteiger charge is -2.32. The van der Waals surface area contributed by atoms with Gasteiger partial charge in [0.25, 0.3) is 0 Å². The Hall–Kier alpha value is -2.48. The number of ether oxygens (including phenoxy) is 3. The van der Waals surface area contributed by atoms with Crippen molar-refractivity contribution in [1.82, 2.24) is 0 Å². The van der Waals surface area contributed by atoms with Gasteiger partial charge in [-0.1, -0.05) is 83.9 Å². The minimum absolute atomic E-state index is 0.0299. The molecule has 0 aliphatic rings. The first-order valence-corrected chi connectivity index (χ1v) is 12.3. The normalized spacial score (nSPS) is 16.5. The van der Waals surface area contributed by atoms with Gasteiger partial charge < -0.3 is 19.3 Å². The molecule has 0 bridgehead atoms. The highest BCUT2D eigenvalue weighted by atomic mass is 79.9. The van der Waals surface area contributed by atoms with E-state index in [0.717, 1.165) is 15.6 Å². The van der Waals surface area contributed by atoms with E-state index in [1.807, 2.05) is 69.3 Å². The molecule has 35 heavy (non-hydrogen) atoms. The van der Waals surface area contributed by atoms with E-state index in [1.165, 1.54) is 14.0 Å². The van der Waals surface area contributed by atoms with E-state index in [2.05, 4.69) is 15.9 Å². The van der Waals surface area contributed by atoms with Gasteiger partial charge in [0.1, 0.15) is 6.10 Å². The van der Waals surface area contributed by atoms with Gasteiger partial charge in [0.15, 0.2) is 0 Å². The number of aliphatic hydroxyl groups is 1. The maximum absolute atomic E-state index is 12.0. The Morgan fingerprint density at radius 1 is 1.06 bits per heavy atom. The predicted molar refractivity (Wildman–Crippen MR) is 142 cm³/mol. The van der Waals surface area contributed by atoms with Crippen LogP contribution in [0.2, 0.25) is 0 Å². The monoisotopic (exact) mass is 548 g/mol. The van der Waals surface area contributed by atoms with Crippen molar-refractivity contribution < 1.29 is 28.9 Å². The molecule has 0 aliphatic heterocycles. The van der Waals surface area contributed by atoms with Crippen LogP contribution in [0.25, 0.3) is 0 Å². The fourth-order valence-electron chi connectivity index (χ4n) is 3.54. The van der Waals surface area contributed by atoms with Crippen LogP contribution in [0.5, 0.6) is 0 Å². The van der Waals surface area contributed by atoms with Gasteiger partial charge in [-0.25, -0.2) is 4.79 Å². The molecule has 192 valence electrons. The Bertz CT molecular complexity index is 932. The highest BCUT2D eigenvalue weighted by Gasteiger charge is 2.32. The van der Waals surface area contributed by atoms with Crippen LogP contribution in [-0.4, -0.2) is 43.0 Å². The number of hydrogen-bond acceptors (Lipinski definition) is 6. The van der Waals surface area contributed by atoms with Crippen molar-refractivity contribution >= 4 is 27.9 Å². The molecule has 0 amide bonds. The van der Waals surface area contributed by atoms with Crippen LogP contribution >= 0.6 is 15.9 Å². The van der Waals surface area contributed by atoms with E-state index in [-0.39, 0.29) is 18.4 Å². The van der Waals surface area contributed by atoms with Crippen molar-refractivity contribution in [3.63, 3.8) is 0 Å². The zero-order chi connectivity index (χ0) is 26.4. The first kappa shape index (κ1) is 30.6. The zero-order valence-corrected chi connectivity index (χ0v) is 22.9. The lowest BCUT2D eigenvalue weighted by Crippen LogP contribution is -2.37. The summed E-state index contributed by atoms with van der Waals surface area (Å²) in [7, 11) is 1.33.